The Kier molecular flexibility index (Phi) is 4.56. The zero-order chi connectivity index (χ0) is 12.3. The normalized spacial score (nSPS) is 12.3. The standard InChI is InChI=1S/C10H11Cl2NO3/c1-16-7-3-2-5(8(11)9(7)12)10(15)6(13)4-14/h2-3,6,14H,4,13H2,1H3. The lowest BCUT2D eigenvalue weighted by molar-refractivity contribution is 0.0925. The molecule has 0 fully saturated rings. The maximum absolute atomic E-state index is 11.7. The van der Waals surface area contributed by atoms with E-state index in [1.54, 1.807) is 0 Å². The van der Waals surface area contributed by atoms with E-state index in [0.717, 1.165) is 0 Å². The highest BCUT2D eigenvalue weighted by molar-refractivity contribution is 6.44. The van der Waals surface area contributed by atoms with Crippen LogP contribution in [0.25, 0.3) is 0 Å². The average Bonchev–Trinajstić information content (AvgIpc) is 2.30. The van der Waals surface area contributed by atoms with Gasteiger partial charge in [0.05, 0.1) is 24.8 Å². The first-order valence-electron chi connectivity index (χ1n) is 4.45. The van der Waals surface area contributed by atoms with E-state index in [0.29, 0.717) is 5.75 Å². The Hall–Kier alpha value is -0.810. The Morgan fingerprint density at radius 1 is 1.50 bits per heavy atom. The summed E-state index contributed by atoms with van der Waals surface area (Å²) in [6.45, 7) is -0.446. The molecule has 3 N–H and O–H groups in total. The SMILES string of the molecule is COc1ccc(C(=O)C(N)CO)c(Cl)c1Cl. The lowest BCUT2D eigenvalue weighted by Gasteiger charge is -2.11. The summed E-state index contributed by atoms with van der Waals surface area (Å²) in [6, 6.07) is 1.98. The molecule has 0 spiro atoms. The molecule has 0 aliphatic rings. The monoisotopic (exact) mass is 263 g/mol. The van der Waals surface area contributed by atoms with Gasteiger partial charge in [0.25, 0.3) is 0 Å². The van der Waals surface area contributed by atoms with Crippen LogP contribution in [0.2, 0.25) is 10.0 Å². The van der Waals surface area contributed by atoms with Gasteiger partial charge in [-0.2, -0.15) is 0 Å². The van der Waals surface area contributed by atoms with Crippen LogP contribution in [0.15, 0.2) is 12.1 Å². The topological polar surface area (TPSA) is 72.5 Å². The third-order valence-corrected chi connectivity index (χ3v) is 2.93. The van der Waals surface area contributed by atoms with Gasteiger partial charge in [-0.15, -0.1) is 0 Å². The molecule has 0 heterocycles. The fourth-order valence-corrected chi connectivity index (χ4v) is 1.65. The smallest absolute Gasteiger partial charge is 0.183 e. The quantitative estimate of drug-likeness (QED) is 0.808. The second-order valence-corrected chi connectivity index (χ2v) is 3.85. The van der Waals surface area contributed by atoms with Crippen LogP contribution >= 0.6 is 23.2 Å². The van der Waals surface area contributed by atoms with Crippen molar-refractivity contribution >= 4 is 29.0 Å². The number of ketones is 1. The van der Waals surface area contributed by atoms with E-state index >= 15 is 0 Å². The first-order valence-corrected chi connectivity index (χ1v) is 5.21. The van der Waals surface area contributed by atoms with Gasteiger partial charge in [0.1, 0.15) is 10.8 Å². The first kappa shape index (κ1) is 13.3. The first-order chi connectivity index (χ1) is 7.52. The van der Waals surface area contributed by atoms with Gasteiger partial charge < -0.3 is 15.6 Å². The minimum absolute atomic E-state index is 0.0786. The molecule has 1 aromatic carbocycles. The number of halogens is 2. The van der Waals surface area contributed by atoms with Crippen molar-refractivity contribution < 1.29 is 14.6 Å². The van der Waals surface area contributed by atoms with Gasteiger partial charge in [-0.05, 0) is 12.1 Å². The van der Waals surface area contributed by atoms with Gasteiger partial charge in [0, 0.05) is 5.56 Å². The highest BCUT2D eigenvalue weighted by atomic mass is 35.5. The predicted molar refractivity (Wildman–Crippen MR) is 62.4 cm³/mol. The lowest BCUT2D eigenvalue weighted by Crippen LogP contribution is -2.34. The second kappa shape index (κ2) is 5.50. The minimum atomic E-state index is -0.998. The van der Waals surface area contributed by atoms with Gasteiger partial charge >= 0.3 is 0 Å². The highest BCUT2D eigenvalue weighted by Crippen LogP contribution is 2.34. The number of hydrogen-bond acceptors (Lipinski definition) is 4. The summed E-state index contributed by atoms with van der Waals surface area (Å²) >= 11 is 11.8. The summed E-state index contributed by atoms with van der Waals surface area (Å²) in [6.07, 6.45) is 0. The number of rotatable bonds is 4. The number of aliphatic hydroxyl groups is 1. The zero-order valence-electron chi connectivity index (χ0n) is 8.54. The van der Waals surface area contributed by atoms with Crippen LogP contribution in [-0.4, -0.2) is 30.6 Å². The van der Waals surface area contributed by atoms with Crippen molar-refractivity contribution in [3.63, 3.8) is 0 Å². The van der Waals surface area contributed by atoms with Gasteiger partial charge in [0.15, 0.2) is 5.78 Å². The molecule has 0 radical (unpaired) electrons. The van der Waals surface area contributed by atoms with Crippen molar-refractivity contribution in [3.8, 4) is 5.75 Å². The molecule has 0 bridgehead atoms. The van der Waals surface area contributed by atoms with E-state index in [9.17, 15) is 4.79 Å². The van der Waals surface area contributed by atoms with Crippen LogP contribution in [0.1, 0.15) is 10.4 Å². The fraction of sp³-hybridized carbons (Fsp3) is 0.300. The largest absolute Gasteiger partial charge is 0.495 e. The van der Waals surface area contributed by atoms with Crippen molar-refractivity contribution in [2.24, 2.45) is 5.73 Å². The summed E-state index contributed by atoms with van der Waals surface area (Å²) in [5.41, 5.74) is 5.58. The molecule has 6 heteroatoms. The minimum Gasteiger partial charge on any atom is -0.495 e. The number of methoxy groups -OCH3 is 1. The molecule has 1 aromatic rings. The Morgan fingerprint density at radius 3 is 2.62 bits per heavy atom. The molecular weight excluding hydrogens is 253 g/mol. The molecule has 4 nitrogen and oxygen atoms in total. The van der Waals surface area contributed by atoms with Crippen molar-refractivity contribution in [1.29, 1.82) is 0 Å². The highest BCUT2D eigenvalue weighted by Gasteiger charge is 2.20. The van der Waals surface area contributed by atoms with Crippen molar-refractivity contribution in [2.75, 3.05) is 13.7 Å². The fourth-order valence-electron chi connectivity index (χ4n) is 1.16. The molecular formula is C10H11Cl2NO3. The second-order valence-electron chi connectivity index (χ2n) is 3.10. The molecule has 1 unspecified atom stereocenters. The van der Waals surface area contributed by atoms with E-state index in [2.05, 4.69) is 0 Å². The van der Waals surface area contributed by atoms with Crippen molar-refractivity contribution in [1.82, 2.24) is 0 Å². The molecule has 16 heavy (non-hydrogen) atoms. The van der Waals surface area contributed by atoms with Crippen LogP contribution in [-0.2, 0) is 0 Å². The molecule has 0 aliphatic carbocycles. The molecule has 1 atom stereocenters. The van der Waals surface area contributed by atoms with Gasteiger partial charge in [-0.3, -0.25) is 4.79 Å². The van der Waals surface area contributed by atoms with Crippen LogP contribution in [0.4, 0.5) is 0 Å². The molecule has 0 aliphatic heterocycles. The van der Waals surface area contributed by atoms with Crippen LogP contribution in [0, 0.1) is 0 Å². The summed E-state index contributed by atoms with van der Waals surface area (Å²) in [4.78, 5) is 11.7. The molecule has 0 aromatic heterocycles. The van der Waals surface area contributed by atoms with E-state index in [-0.39, 0.29) is 15.6 Å². The molecule has 0 saturated carbocycles. The third-order valence-electron chi connectivity index (χ3n) is 2.07. The number of aliphatic hydroxyl groups excluding tert-OH is 1. The number of carbonyl (C=O) groups is 1. The zero-order valence-corrected chi connectivity index (χ0v) is 10.0. The summed E-state index contributed by atoms with van der Waals surface area (Å²) in [5.74, 6) is -0.0853. The average molecular weight is 264 g/mol. The van der Waals surface area contributed by atoms with Crippen molar-refractivity contribution in [3.05, 3.63) is 27.7 Å². The van der Waals surface area contributed by atoms with E-state index in [4.69, 9.17) is 38.8 Å². The third kappa shape index (κ3) is 2.47. The lowest BCUT2D eigenvalue weighted by atomic mass is 10.1. The summed E-state index contributed by atoms with van der Waals surface area (Å²) < 4.78 is 4.94. The van der Waals surface area contributed by atoms with E-state index in [1.807, 2.05) is 0 Å². The number of benzene rings is 1. The maximum atomic E-state index is 11.7. The van der Waals surface area contributed by atoms with Crippen molar-refractivity contribution in [2.45, 2.75) is 6.04 Å². The molecule has 0 saturated heterocycles. The van der Waals surface area contributed by atoms with Crippen LogP contribution < -0.4 is 10.5 Å². The Labute approximate surface area is 103 Å². The maximum Gasteiger partial charge on any atom is 0.183 e. The van der Waals surface area contributed by atoms with E-state index in [1.165, 1.54) is 19.2 Å². The molecule has 0 amide bonds. The van der Waals surface area contributed by atoms with Crippen LogP contribution in [0.3, 0.4) is 0 Å². The predicted octanol–water partition coefficient (Wildman–Crippen LogP) is 1.50. The van der Waals surface area contributed by atoms with Gasteiger partial charge in [0.2, 0.25) is 0 Å². The van der Waals surface area contributed by atoms with Crippen LogP contribution in [0.5, 0.6) is 5.75 Å². The molecule has 88 valence electrons. The van der Waals surface area contributed by atoms with Gasteiger partial charge in [-0.25, -0.2) is 0 Å². The Bertz CT molecular complexity index is 409. The molecule has 1 rings (SSSR count). The van der Waals surface area contributed by atoms with E-state index < -0.39 is 18.4 Å². The Balaban J connectivity index is 3.17. The Morgan fingerprint density at radius 2 is 2.12 bits per heavy atom. The summed E-state index contributed by atoms with van der Waals surface area (Å²) in [7, 11) is 1.44. The number of hydrogen-bond donors (Lipinski definition) is 2. The summed E-state index contributed by atoms with van der Waals surface area (Å²) in [5, 5.41) is 9.01. The van der Waals surface area contributed by atoms with Gasteiger partial charge in [-0.1, -0.05) is 23.2 Å². The number of nitrogens with two attached hydrogens (primary N) is 1. The number of carbonyl (C=O) groups excluding carboxylic acids is 1. The number of Topliss-reactive ketones (excluding diaryl/α,β-unsaturated/α-hetero) is 1. The number of ether oxygens (including phenoxy) is 1.